The molecule has 5 nitrogen and oxygen atoms in total. The molecule has 0 aromatic heterocycles. The lowest BCUT2D eigenvalue weighted by Crippen LogP contribution is -2.36. The Morgan fingerprint density at radius 3 is 2.57 bits per heavy atom. The Hall–Kier alpha value is -1.56. The Morgan fingerprint density at radius 2 is 1.95 bits per heavy atom. The van der Waals surface area contributed by atoms with Crippen LogP contribution in [0.15, 0.2) is 22.7 Å². The number of benzene rings is 1. The van der Waals surface area contributed by atoms with Gasteiger partial charge in [0, 0.05) is 16.7 Å². The van der Waals surface area contributed by atoms with E-state index in [1.54, 1.807) is 6.07 Å². The smallest absolute Gasteiger partial charge is 0.335 e. The quantitative estimate of drug-likeness (QED) is 0.768. The van der Waals surface area contributed by atoms with Crippen LogP contribution >= 0.6 is 15.9 Å². The monoisotopic (exact) mass is 354 g/mol. The number of amides is 2. The summed E-state index contributed by atoms with van der Waals surface area (Å²) in [4.78, 5) is 22.9. The van der Waals surface area contributed by atoms with Gasteiger partial charge >= 0.3 is 12.0 Å². The number of halogens is 1. The molecule has 0 bridgehead atoms. The summed E-state index contributed by atoms with van der Waals surface area (Å²) in [5.41, 5.74) is 0.763. The average Bonchev–Trinajstić information content (AvgIpc) is 2.83. The molecule has 1 aromatic rings. The summed E-state index contributed by atoms with van der Waals surface area (Å²) in [5.74, 6) is -1.03. The van der Waals surface area contributed by atoms with Crippen molar-refractivity contribution in [2.24, 2.45) is 5.41 Å². The number of anilines is 1. The predicted molar refractivity (Wildman–Crippen MR) is 84.7 cm³/mol. The lowest BCUT2D eigenvalue weighted by atomic mass is 9.89. The minimum absolute atomic E-state index is 0.127. The van der Waals surface area contributed by atoms with Crippen molar-refractivity contribution in [2.45, 2.75) is 32.6 Å². The van der Waals surface area contributed by atoms with Crippen LogP contribution < -0.4 is 10.6 Å². The van der Waals surface area contributed by atoms with Gasteiger partial charge in [0.05, 0.1) is 5.56 Å². The van der Waals surface area contributed by atoms with Crippen molar-refractivity contribution < 1.29 is 14.7 Å². The maximum atomic E-state index is 11.9. The Morgan fingerprint density at radius 1 is 1.29 bits per heavy atom. The van der Waals surface area contributed by atoms with Gasteiger partial charge < -0.3 is 15.7 Å². The Bertz CT molecular complexity index is 554. The normalized spacial score (nSPS) is 16.5. The summed E-state index contributed by atoms with van der Waals surface area (Å²) in [7, 11) is 0. The molecular weight excluding hydrogens is 336 g/mol. The average molecular weight is 355 g/mol. The first-order chi connectivity index (χ1) is 9.88. The number of hydrogen-bond acceptors (Lipinski definition) is 2. The number of carboxylic acids is 1. The van der Waals surface area contributed by atoms with Crippen molar-refractivity contribution in [1.29, 1.82) is 0 Å². The molecule has 3 N–H and O–H groups in total. The van der Waals surface area contributed by atoms with Crippen molar-refractivity contribution >= 4 is 33.6 Å². The molecule has 0 radical (unpaired) electrons. The number of carbonyl (C=O) groups is 2. The van der Waals surface area contributed by atoms with Crippen molar-refractivity contribution in [2.75, 3.05) is 11.9 Å². The van der Waals surface area contributed by atoms with E-state index in [0.717, 1.165) is 12.8 Å². The predicted octanol–water partition coefficient (Wildman–Crippen LogP) is 3.85. The van der Waals surface area contributed by atoms with Gasteiger partial charge in [-0.05, 0) is 36.5 Å². The van der Waals surface area contributed by atoms with Crippen molar-refractivity contribution in [3.63, 3.8) is 0 Å². The van der Waals surface area contributed by atoms with Crippen LogP contribution in [0.25, 0.3) is 0 Å². The van der Waals surface area contributed by atoms with E-state index in [2.05, 4.69) is 33.5 Å². The van der Waals surface area contributed by atoms with Gasteiger partial charge in [0.1, 0.15) is 0 Å². The topological polar surface area (TPSA) is 78.4 Å². The maximum Gasteiger partial charge on any atom is 0.335 e. The van der Waals surface area contributed by atoms with Gasteiger partial charge in [-0.15, -0.1) is 0 Å². The van der Waals surface area contributed by atoms with Crippen LogP contribution in [0.1, 0.15) is 43.0 Å². The largest absolute Gasteiger partial charge is 0.478 e. The van der Waals surface area contributed by atoms with Crippen molar-refractivity contribution in [3.8, 4) is 0 Å². The first-order valence-electron chi connectivity index (χ1n) is 6.97. The second-order valence-electron chi connectivity index (χ2n) is 5.86. The third kappa shape index (κ3) is 4.46. The highest BCUT2D eigenvalue weighted by molar-refractivity contribution is 9.10. The molecular formula is C15H19BrN2O3. The Kier molecular flexibility index (Phi) is 4.88. The van der Waals surface area contributed by atoms with Gasteiger partial charge in [0.25, 0.3) is 0 Å². The fraction of sp³-hybridized carbons (Fsp3) is 0.467. The minimum atomic E-state index is -1.03. The number of carbonyl (C=O) groups excluding carboxylic acids is 1. The van der Waals surface area contributed by atoms with Crippen molar-refractivity contribution in [3.05, 3.63) is 28.2 Å². The molecule has 1 fully saturated rings. The fourth-order valence-corrected chi connectivity index (χ4v) is 3.15. The van der Waals surface area contributed by atoms with E-state index in [0.29, 0.717) is 16.7 Å². The molecule has 0 atom stereocenters. The molecule has 0 unspecified atom stereocenters. The molecule has 6 heteroatoms. The van der Waals surface area contributed by atoms with E-state index >= 15 is 0 Å². The lowest BCUT2D eigenvalue weighted by molar-refractivity contribution is 0.0697. The standard InChI is InChI=1S/C15H19BrN2O3/c1-15(4-2-3-5-15)9-17-14(21)18-12-7-10(13(19)20)6-11(16)8-12/h6-8H,2-5,9H2,1H3,(H,19,20)(H2,17,18,21). The fourth-order valence-electron chi connectivity index (χ4n) is 2.66. The second-order valence-corrected chi connectivity index (χ2v) is 6.77. The maximum absolute atomic E-state index is 11.9. The van der Waals surface area contributed by atoms with Crippen LogP contribution in [0.4, 0.5) is 10.5 Å². The summed E-state index contributed by atoms with van der Waals surface area (Å²) in [6, 6.07) is 4.29. The SMILES string of the molecule is CC1(CNC(=O)Nc2cc(Br)cc(C(=O)O)c2)CCCC1. The number of nitrogens with one attached hydrogen (secondary N) is 2. The molecule has 1 saturated carbocycles. The van der Waals surface area contributed by atoms with E-state index in [-0.39, 0.29) is 17.0 Å². The first kappa shape index (κ1) is 15.8. The van der Waals surface area contributed by atoms with E-state index in [1.165, 1.54) is 25.0 Å². The summed E-state index contributed by atoms with van der Waals surface area (Å²) in [6.07, 6.45) is 4.70. The molecule has 2 rings (SSSR count). The van der Waals surface area contributed by atoms with Crippen LogP contribution in [0.5, 0.6) is 0 Å². The van der Waals surface area contributed by atoms with Crippen LogP contribution in [-0.2, 0) is 0 Å². The van der Waals surface area contributed by atoms with Crippen LogP contribution in [-0.4, -0.2) is 23.7 Å². The van der Waals surface area contributed by atoms with Crippen LogP contribution in [0.2, 0.25) is 0 Å². The van der Waals surface area contributed by atoms with E-state index in [4.69, 9.17) is 5.11 Å². The van der Waals surface area contributed by atoms with Crippen LogP contribution in [0, 0.1) is 5.41 Å². The van der Waals surface area contributed by atoms with Crippen molar-refractivity contribution in [1.82, 2.24) is 5.32 Å². The van der Waals surface area contributed by atoms with Gasteiger partial charge in [-0.1, -0.05) is 35.7 Å². The van der Waals surface area contributed by atoms with Gasteiger partial charge in [0.15, 0.2) is 0 Å². The third-order valence-corrected chi connectivity index (χ3v) is 4.35. The van der Waals surface area contributed by atoms with Gasteiger partial charge in [0.2, 0.25) is 0 Å². The Labute approximate surface area is 132 Å². The van der Waals surface area contributed by atoms with Crippen LogP contribution in [0.3, 0.4) is 0 Å². The van der Waals surface area contributed by atoms with E-state index < -0.39 is 5.97 Å². The highest BCUT2D eigenvalue weighted by Crippen LogP contribution is 2.36. The zero-order valence-electron chi connectivity index (χ0n) is 11.9. The highest BCUT2D eigenvalue weighted by Gasteiger charge is 2.28. The van der Waals surface area contributed by atoms with Gasteiger partial charge in [-0.25, -0.2) is 9.59 Å². The molecule has 1 aliphatic rings. The number of urea groups is 1. The molecule has 0 saturated heterocycles. The first-order valence-corrected chi connectivity index (χ1v) is 7.76. The van der Waals surface area contributed by atoms with Gasteiger partial charge in [-0.2, -0.15) is 0 Å². The molecule has 0 spiro atoms. The molecule has 114 valence electrons. The minimum Gasteiger partial charge on any atom is -0.478 e. The third-order valence-electron chi connectivity index (χ3n) is 3.89. The Balaban J connectivity index is 1.94. The number of aromatic carboxylic acids is 1. The number of hydrogen-bond donors (Lipinski definition) is 3. The summed E-state index contributed by atoms with van der Waals surface area (Å²) >= 11 is 3.24. The van der Waals surface area contributed by atoms with E-state index in [1.807, 2.05) is 0 Å². The zero-order chi connectivity index (χ0) is 15.5. The zero-order valence-corrected chi connectivity index (χ0v) is 13.5. The summed E-state index contributed by atoms with van der Waals surface area (Å²) in [5, 5.41) is 14.5. The van der Waals surface area contributed by atoms with E-state index in [9.17, 15) is 9.59 Å². The summed E-state index contributed by atoms with van der Waals surface area (Å²) in [6.45, 7) is 2.82. The molecule has 1 aliphatic carbocycles. The molecule has 0 heterocycles. The summed E-state index contributed by atoms with van der Waals surface area (Å²) < 4.78 is 0.612. The second kappa shape index (κ2) is 6.47. The molecule has 2 amide bonds. The highest BCUT2D eigenvalue weighted by atomic mass is 79.9. The number of rotatable bonds is 4. The van der Waals surface area contributed by atoms with Gasteiger partial charge in [-0.3, -0.25) is 0 Å². The number of carboxylic acid groups (broad SMARTS) is 1. The lowest BCUT2D eigenvalue weighted by Gasteiger charge is -2.23. The molecule has 1 aromatic carbocycles. The molecule has 21 heavy (non-hydrogen) atoms. The molecule has 0 aliphatic heterocycles.